The van der Waals surface area contributed by atoms with Crippen LogP contribution in [-0.2, 0) is 0 Å². The summed E-state index contributed by atoms with van der Waals surface area (Å²) in [5.41, 5.74) is 2.40. The molecule has 0 unspecified atom stereocenters. The minimum absolute atomic E-state index is 0.100. The Morgan fingerprint density at radius 1 is 1.47 bits per heavy atom. The van der Waals surface area contributed by atoms with Crippen molar-refractivity contribution in [3.63, 3.8) is 0 Å². The van der Waals surface area contributed by atoms with Crippen LogP contribution in [0.2, 0.25) is 0 Å². The molecule has 1 heterocycles. The smallest absolute Gasteiger partial charge is 0.257 e. The molecule has 1 aromatic rings. The van der Waals surface area contributed by atoms with E-state index in [0.29, 0.717) is 6.04 Å². The monoisotopic (exact) mass is 207 g/mol. The second-order valence-corrected chi connectivity index (χ2v) is 4.31. The first-order chi connectivity index (χ1) is 7.11. The van der Waals surface area contributed by atoms with E-state index in [1.165, 1.54) is 6.42 Å². The van der Waals surface area contributed by atoms with Crippen molar-refractivity contribution in [2.45, 2.75) is 39.2 Å². The molecule has 1 N–H and O–H groups in total. The fourth-order valence-corrected chi connectivity index (χ4v) is 1.98. The molecule has 1 aliphatic carbocycles. The zero-order valence-corrected chi connectivity index (χ0v) is 9.50. The van der Waals surface area contributed by atoms with Crippen molar-refractivity contribution in [2.75, 3.05) is 7.05 Å². The normalized spacial score (nSPS) is 16.2. The standard InChI is InChI=1S/C11H17N3O/c1-7-10(8(2)13-12-7)11(15)14(3)9-5-4-6-9/h9H,4-6H2,1-3H3,(H,12,13). The Labute approximate surface area is 89.7 Å². The minimum Gasteiger partial charge on any atom is -0.339 e. The highest BCUT2D eigenvalue weighted by Crippen LogP contribution is 2.25. The van der Waals surface area contributed by atoms with Crippen molar-refractivity contribution in [3.8, 4) is 0 Å². The second kappa shape index (κ2) is 3.68. The highest BCUT2D eigenvalue weighted by atomic mass is 16.2. The van der Waals surface area contributed by atoms with Crippen molar-refractivity contribution < 1.29 is 4.79 Å². The quantitative estimate of drug-likeness (QED) is 0.801. The van der Waals surface area contributed by atoms with Gasteiger partial charge in [0.1, 0.15) is 0 Å². The SMILES string of the molecule is Cc1n[nH]c(C)c1C(=O)N(C)C1CCC1. The molecule has 1 aliphatic rings. The van der Waals surface area contributed by atoms with Gasteiger partial charge < -0.3 is 4.90 Å². The highest BCUT2D eigenvalue weighted by molar-refractivity contribution is 5.96. The molecule has 1 amide bonds. The average molecular weight is 207 g/mol. The van der Waals surface area contributed by atoms with Gasteiger partial charge in [0.2, 0.25) is 0 Å². The third-order valence-electron chi connectivity index (χ3n) is 3.28. The van der Waals surface area contributed by atoms with E-state index in [0.717, 1.165) is 29.8 Å². The summed E-state index contributed by atoms with van der Waals surface area (Å²) in [6.07, 6.45) is 3.52. The van der Waals surface area contributed by atoms with E-state index in [1.54, 1.807) is 0 Å². The van der Waals surface area contributed by atoms with Crippen LogP contribution < -0.4 is 0 Å². The largest absolute Gasteiger partial charge is 0.339 e. The molecule has 4 nitrogen and oxygen atoms in total. The molecule has 1 saturated carbocycles. The topological polar surface area (TPSA) is 49.0 Å². The van der Waals surface area contributed by atoms with Crippen molar-refractivity contribution in [1.82, 2.24) is 15.1 Å². The van der Waals surface area contributed by atoms with Crippen LogP contribution in [0.3, 0.4) is 0 Å². The molecule has 1 aromatic heterocycles. The van der Waals surface area contributed by atoms with Gasteiger partial charge in [-0.25, -0.2) is 0 Å². The zero-order valence-electron chi connectivity index (χ0n) is 9.50. The summed E-state index contributed by atoms with van der Waals surface area (Å²) in [6, 6.07) is 0.436. The molecule has 0 atom stereocenters. The lowest BCUT2D eigenvalue weighted by Gasteiger charge is -2.34. The molecular formula is C11H17N3O. The maximum Gasteiger partial charge on any atom is 0.257 e. The highest BCUT2D eigenvalue weighted by Gasteiger charge is 2.28. The van der Waals surface area contributed by atoms with Crippen LogP contribution in [0.25, 0.3) is 0 Å². The van der Waals surface area contributed by atoms with Gasteiger partial charge in [-0.05, 0) is 33.1 Å². The maximum absolute atomic E-state index is 12.1. The Balaban J connectivity index is 2.19. The first-order valence-electron chi connectivity index (χ1n) is 5.40. The van der Waals surface area contributed by atoms with Crippen LogP contribution >= 0.6 is 0 Å². The fourth-order valence-electron chi connectivity index (χ4n) is 1.98. The molecule has 0 aromatic carbocycles. The summed E-state index contributed by atoms with van der Waals surface area (Å²) in [5.74, 6) is 0.100. The number of H-pyrrole nitrogens is 1. The van der Waals surface area contributed by atoms with E-state index in [-0.39, 0.29) is 5.91 Å². The lowest BCUT2D eigenvalue weighted by Crippen LogP contribution is -2.41. The minimum atomic E-state index is 0.100. The lowest BCUT2D eigenvalue weighted by atomic mass is 9.91. The molecule has 82 valence electrons. The summed E-state index contributed by atoms with van der Waals surface area (Å²) in [4.78, 5) is 14.0. The van der Waals surface area contributed by atoms with Gasteiger partial charge in [0.05, 0.1) is 11.3 Å². The van der Waals surface area contributed by atoms with Gasteiger partial charge in [-0.3, -0.25) is 9.89 Å². The van der Waals surface area contributed by atoms with Gasteiger partial charge in [-0.1, -0.05) is 0 Å². The summed E-state index contributed by atoms with van der Waals surface area (Å²) in [7, 11) is 1.89. The van der Waals surface area contributed by atoms with Crippen LogP contribution in [0.1, 0.15) is 41.0 Å². The van der Waals surface area contributed by atoms with Crippen LogP contribution in [-0.4, -0.2) is 34.1 Å². The first-order valence-corrected chi connectivity index (χ1v) is 5.40. The summed E-state index contributed by atoms with van der Waals surface area (Å²) < 4.78 is 0. The number of carbonyl (C=O) groups is 1. The van der Waals surface area contributed by atoms with Crippen molar-refractivity contribution in [1.29, 1.82) is 0 Å². The van der Waals surface area contributed by atoms with Crippen LogP contribution in [0, 0.1) is 13.8 Å². The van der Waals surface area contributed by atoms with E-state index >= 15 is 0 Å². The van der Waals surface area contributed by atoms with E-state index in [9.17, 15) is 4.79 Å². The number of nitrogens with one attached hydrogen (secondary N) is 1. The first kappa shape index (κ1) is 10.2. The number of amides is 1. The third-order valence-corrected chi connectivity index (χ3v) is 3.28. The van der Waals surface area contributed by atoms with Crippen molar-refractivity contribution in [3.05, 3.63) is 17.0 Å². The van der Waals surface area contributed by atoms with Gasteiger partial charge in [-0.2, -0.15) is 5.10 Å². The molecule has 0 aliphatic heterocycles. The van der Waals surface area contributed by atoms with Crippen molar-refractivity contribution in [2.24, 2.45) is 0 Å². The summed E-state index contributed by atoms with van der Waals surface area (Å²) in [6.45, 7) is 3.76. The number of carbonyl (C=O) groups excluding carboxylic acids is 1. The Morgan fingerprint density at radius 3 is 2.53 bits per heavy atom. The lowest BCUT2D eigenvalue weighted by molar-refractivity contribution is 0.0650. The molecule has 15 heavy (non-hydrogen) atoms. The Hall–Kier alpha value is -1.32. The Kier molecular flexibility index (Phi) is 2.50. The molecule has 0 bridgehead atoms. The third kappa shape index (κ3) is 1.64. The van der Waals surface area contributed by atoms with Crippen LogP contribution in [0.4, 0.5) is 0 Å². The Bertz CT molecular complexity index is 360. The maximum atomic E-state index is 12.1. The number of hydrogen-bond acceptors (Lipinski definition) is 2. The predicted octanol–water partition coefficient (Wildman–Crippen LogP) is 1.65. The molecule has 4 heteroatoms. The average Bonchev–Trinajstić information content (AvgIpc) is 2.42. The van der Waals surface area contributed by atoms with Gasteiger partial charge in [-0.15, -0.1) is 0 Å². The van der Waals surface area contributed by atoms with E-state index in [1.807, 2.05) is 25.8 Å². The number of aryl methyl sites for hydroxylation is 2. The molecule has 0 saturated heterocycles. The molecule has 0 spiro atoms. The van der Waals surface area contributed by atoms with E-state index in [4.69, 9.17) is 0 Å². The van der Waals surface area contributed by atoms with Gasteiger partial charge in [0, 0.05) is 18.8 Å². The van der Waals surface area contributed by atoms with Crippen molar-refractivity contribution >= 4 is 5.91 Å². The van der Waals surface area contributed by atoms with Crippen LogP contribution in [0.5, 0.6) is 0 Å². The molecular weight excluding hydrogens is 190 g/mol. The van der Waals surface area contributed by atoms with Gasteiger partial charge >= 0.3 is 0 Å². The second-order valence-electron chi connectivity index (χ2n) is 4.31. The molecule has 2 rings (SSSR count). The number of aromatic nitrogens is 2. The fraction of sp³-hybridized carbons (Fsp3) is 0.636. The summed E-state index contributed by atoms with van der Waals surface area (Å²) in [5, 5.41) is 6.90. The Morgan fingerprint density at radius 2 is 2.13 bits per heavy atom. The number of rotatable bonds is 2. The number of hydrogen-bond donors (Lipinski definition) is 1. The molecule has 1 fully saturated rings. The van der Waals surface area contributed by atoms with E-state index < -0.39 is 0 Å². The van der Waals surface area contributed by atoms with Gasteiger partial charge in [0.15, 0.2) is 0 Å². The predicted molar refractivity (Wildman–Crippen MR) is 57.8 cm³/mol. The zero-order chi connectivity index (χ0) is 11.0. The van der Waals surface area contributed by atoms with Gasteiger partial charge in [0.25, 0.3) is 5.91 Å². The van der Waals surface area contributed by atoms with E-state index in [2.05, 4.69) is 10.2 Å². The molecule has 0 radical (unpaired) electrons. The number of nitrogens with zero attached hydrogens (tertiary/aromatic N) is 2. The van der Waals surface area contributed by atoms with Crippen LogP contribution in [0.15, 0.2) is 0 Å². The summed E-state index contributed by atoms with van der Waals surface area (Å²) >= 11 is 0. The number of aromatic amines is 1.